The summed E-state index contributed by atoms with van der Waals surface area (Å²) in [5.74, 6) is -0.644. The number of rotatable bonds is 5. The third-order valence-electron chi connectivity index (χ3n) is 2.74. The van der Waals surface area contributed by atoms with E-state index in [4.69, 9.17) is 16.2 Å². The van der Waals surface area contributed by atoms with Gasteiger partial charge in [0.1, 0.15) is 6.10 Å². The standard InChI is InChI=1S/C11H21N3O3/c1-11(2,5-9(13)15)14-10(16)8-4-3-7(6-12)17-8/h7-8H,3-6,12H2,1-2H3,(H2,13,15)(H,14,16). The molecule has 6 nitrogen and oxygen atoms in total. The normalized spacial score (nSPS) is 24.6. The van der Waals surface area contributed by atoms with Crippen LogP contribution >= 0.6 is 0 Å². The quantitative estimate of drug-likeness (QED) is 0.591. The molecule has 0 spiro atoms. The first-order chi connectivity index (χ1) is 7.84. The van der Waals surface area contributed by atoms with Crippen LogP contribution < -0.4 is 16.8 Å². The first kappa shape index (κ1) is 13.9. The van der Waals surface area contributed by atoms with E-state index in [1.54, 1.807) is 13.8 Å². The number of ether oxygens (including phenoxy) is 1. The Morgan fingerprint density at radius 3 is 2.53 bits per heavy atom. The van der Waals surface area contributed by atoms with Gasteiger partial charge >= 0.3 is 0 Å². The van der Waals surface area contributed by atoms with Gasteiger partial charge in [-0.2, -0.15) is 0 Å². The summed E-state index contributed by atoms with van der Waals surface area (Å²) < 4.78 is 5.47. The number of primary amides is 1. The molecule has 0 aromatic rings. The Bertz CT molecular complexity index is 304. The molecule has 1 heterocycles. The Kier molecular flexibility index (Phi) is 4.47. The summed E-state index contributed by atoms with van der Waals surface area (Å²) in [4.78, 5) is 22.7. The molecule has 98 valence electrons. The fourth-order valence-corrected chi connectivity index (χ4v) is 1.97. The maximum absolute atomic E-state index is 11.9. The number of nitrogens with two attached hydrogens (primary N) is 2. The van der Waals surface area contributed by atoms with Gasteiger partial charge in [0.2, 0.25) is 11.8 Å². The molecule has 1 aliphatic rings. The predicted molar refractivity (Wildman–Crippen MR) is 63.0 cm³/mol. The molecular formula is C11H21N3O3. The summed E-state index contributed by atoms with van der Waals surface area (Å²) in [6.07, 6.45) is 1.07. The molecule has 2 unspecified atom stereocenters. The summed E-state index contributed by atoms with van der Waals surface area (Å²) in [7, 11) is 0. The van der Waals surface area contributed by atoms with Crippen molar-refractivity contribution in [3.63, 3.8) is 0 Å². The van der Waals surface area contributed by atoms with Crippen molar-refractivity contribution in [2.24, 2.45) is 11.5 Å². The van der Waals surface area contributed by atoms with Gasteiger partial charge in [0, 0.05) is 18.5 Å². The van der Waals surface area contributed by atoms with E-state index in [0.717, 1.165) is 6.42 Å². The summed E-state index contributed by atoms with van der Waals surface area (Å²) >= 11 is 0. The minimum Gasteiger partial charge on any atom is -0.370 e. The molecule has 1 saturated heterocycles. The molecule has 1 rings (SSSR count). The molecule has 0 saturated carbocycles. The van der Waals surface area contributed by atoms with Gasteiger partial charge in [-0.15, -0.1) is 0 Å². The van der Waals surface area contributed by atoms with Crippen LogP contribution in [0, 0.1) is 0 Å². The maximum atomic E-state index is 11.9. The topological polar surface area (TPSA) is 107 Å². The zero-order valence-corrected chi connectivity index (χ0v) is 10.4. The third-order valence-corrected chi connectivity index (χ3v) is 2.74. The van der Waals surface area contributed by atoms with E-state index >= 15 is 0 Å². The Labute approximate surface area is 101 Å². The fraction of sp³-hybridized carbons (Fsp3) is 0.818. The molecule has 17 heavy (non-hydrogen) atoms. The lowest BCUT2D eigenvalue weighted by molar-refractivity contribution is -0.134. The maximum Gasteiger partial charge on any atom is 0.249 e. The van der Waals surface area contributed by atoms with E-state index < -0.39 is 17.6 Å². The lowest BCUT2D eigenvalue weighted by Gasteiger charge is -2.26. The molecule has 0 aromatic carbocycles. The smallest absolute Gasteiger partial charge is 0.249 e. The van der Waals surface area contributed by atoms with E-state index in [1.165, 1.54) is 0 Å². The van der Waals surface area contributed by atoms with Crippen molar-refractivity contribution in [3.8, 4) is 0 Å². The van der Waals surface area contributed by atoms with Crippen molar-refractivity contribution < 1.29 is 14.3 Å². The monoisotopic (exact) mass is 243 g/mol. The highest BCUT2D eigenvalue weighted by atomic mass is 16.5. The lowest BCUT2D eigenvalue weighted by atomic mass is 9.99. The zero-order valence-electron chi connectivity index (χ0n) is 10.4. The Morgan fingerprint density at radius 1 is 1.41 bits per heavy atom. The van der Waals surface area contributed by atoms with E-state index in [2.05, 4.69) is 5.32 Å². The largest absolute Gasteiger partial charge is 0.370 e. The molecule has 6 heteroatoms. The number of carbonyl (C=O) groups is 2. The summed E-state index contributed by atoms with van der Waals surface area (Å²) in [5.41, 5.74) is 9.94. The van der Waals surface area contributed by atoms with Crippen LogP contribution in [0.3, 0.4) is 0 Å². The summed E-state index contributed by atoms with van der Waals surface area (Å²) in [6.45, 7) is 3.94. The third kappa shape index (κ3) is 4.32. The van der Waals surface area contributed by atoms with Crippen LogP contribution in [0.15, 0.2) is 0 Å². The summed E-state index contributed by atoms with van der Waals surface area (Å²) in [6, 6.07) is 0. The van der Waals surface area contributed by atoms with Gasteiger partial charge in [0.15, 0.2) is 0 Å². The summed E-state index contributed by atoms with van der Waals surface area (Å²) in [5, 5.41) is 2.77. The zero-order chi connectivity index (χ0) is 13.1. The number of hydrogen-bond donors (Lipinski definition) is 3. The lowest BCUT2D eigenvalue weighted by Crippen LogP contribution is -2.49. The number of hydrogen-bond acceptors (Lipinski definition) is 4. The van der Waals surface area contributed by atoms with E-state index in [1.807, 2.05) is 0 Å². The van der Waals surface area contributed by atoms with Crippen molar-refractivity contribution >= 4 is 11.8 Å². The molecular weight excluding hydrogens is 222 g/mol. The van der Waals surface area contributed by atoms with Crippen LogP contribution in [0.25, 0.3) is 0 Å². The number of carbonyl (C=O) groups excluding carboxylic acids is 2. The molecule has 2 amide bonds. The molecule has 1 fully saturated rings. The van der Waals surface area contributed by atoms with E-state index in [0.29, 0.717) is 13.0 Å². The molecule has 5 N–H and O–H groups in total. The van der Waals surface area contributed by atoms with Crippen LogP contribution in [-0.2, 0) is 14.3 Å². The van der Waals surface area contributed by atoms with Crippen molar-refractivity contribution in [2.45, 2.75) is 50.9 Å². The Hall–Kier alpha value is -1.14. The van der Waals surface area contributed by atoms with Gasteiger partial charge in [-0.3, -0.25) is 9.59 Å². The van der Waals surface area contributed by atoms with Crippen molar-refractivity contribution in [3.05, 3.63) is 0 Å². The van der Waals surface area contributed by atoms with E-state index in [-0.39, 0.29) is 18.4 Å². The van der Waals surface area contributed by atoms with Gasteiger partial charge in [0.05, 0.1) is 6.10 Å². The van der Waals surface area contributed by atoms with E-state index in [9.17, 15) is 9.59 Å². The van der Waals surface area contributed by atoms with Crippen LogP contribution in [0.5, 0.6) is 0 Å². The highest BCUT2D eigenvalue weighted by molar-refractivity contribution is 5.83. The molecule has 0 aliphatic carbocycles. The fourth-order valence-electron chi connectivity index (χ4n) is 1.97. The highest BCUT2D eigenvalue weighted by Crippen LogP contribution is 2.20. The van der Waals surface area contributed by atoms with Crippen LogP contribution in [-0.4, -0.2) is 36.1 Å². The van der Waals surface area contributed by atoms with Crippen molar-refractivity contribution in [2.75, 3.05) is 6.54 Å². The predicted octanol–water partition coefficient (Wildman–Crippen LogP) is -0.737. The van der Waals surface area contributed by atoms with Crippen LogP contribution in [0.1, 0.15) is 33.1 Å². The molecule has 0 bridgehead atoms. The number of amides is 2. The Balaban J connectivity index is 2.46. The number of nitrogens with one attached hydrogen (secondary N) is 1. The van der Waals surface area contributed by atoms with Gasteiger partial charge in [0.25, 0.3) is 0 Å². The highest BCUT2D eigenvalue weighted by Gasteiger charge is 2.33. The average Bonchev–Trinajstić information content (AvgIpc) is 2.62. The second kappa shape index (κ2) is 5.46. The molecule has 2 atom stereocenters. The second-order valence-electron chi connectivity index (χ2n) is 5.08. The minimum absolute atomic E-state index is 0.0370. The van der Waals surface area contributed by atoms with Crippen molar-refractivity contribution in [1.82, 2.24) is 5.32 Å². The second-order valence-corrected chi connectivity index (χ2v) is 5.08. The first-order valence-electron chi connectivity index (χ1n) is 5.80. The van der Waals surface area contributed by atoms with Crippen LogP contribution in [0.4, 0.5) is 0 Å². The van der Waals surface area contributed by atoms with Gasteiger partial charge in [-0.05, 0) is 26.7 Å². The average molecular weight is 243 g/mol. The minimum atomic E-state index is -0.646. The molecule has 0 aromatic heterocycles. The Morgan fingerprint density at radius 2 is 2.06 bits per heavy atom. The van der Waals surface area contributed by atoms with Gasteiger partial charge in [-0.25, -0.2) is 0 Å². The van der Waals surface area contributed by atoms with Crippen LogP contribution in [0.2, 0.25) is 0 Å². The molecule has 0 radical (unpaired) electrons. The van der Waals surface area contributed by atoms with Crippen molar-refractivity contribution in [1.29, 1.82) is 0 Å². The van der Waals surface area contributed by atoms with Gasteiger partial charge in [-0.1, -0.05) is 0 Å². The van der Waals surface area contributed by atoms with Gasteiger partial charge < -0.3 is 21.5 Å². The molecule has 1 aliphatic heterocycles. The first-order valence-corrected chi connectivity index (χ1v) is 5.80. The SMILES string of the molecule is CC(C)(CC(N)=O)NC(=O)C1CCC(CN)O1.